The SMILES string of the molecule is COc1ccc(N[C@H]2CC(=O)N(c3ccccc3Br)C2=O)cc1. The van der Waals surface area contributed by atoms with Crippen molar-refractivity contribution in [2.45, 2.75) is 12.5 Å². The first kappa shape index (κ1) is 15.6. The van der Waals surface area contributed by atoms with Crippen LogP contribution in [0.5, 0.6) is 5.75 Å². The van der Waals surface area contributed by atoms with Crippen LogP contribution in [0.15, 0.2) is 53.0 Å². The fourth-order valence-electron chi connectivity index (χ4n) is 2.52. The van der Waals surface area contributed by atoms with E-state index in [9.17, 15) is 9.59 Å². The summed E-state index contributed by atoms with van der Waals surface area (Å²) in [5, 5.41) is 3.11. The Balaban J connectivity index is 1.79. The summed E-state index contributed by atoms with van der Waals surface area (Å²) in [6.07, 6.45) is 0.131. The fraction of sp³-hybridized carbons (Fsp3) is 0.176. The summed E-state index contributed by atoms with van der Waals surface area (Å²) in [7, 11) is 1.59. The molecule has 0 spiro atoms. The Labute approximate surface area is 142 Å². The van der Waals surface area contributed by atoms with Gasteiger partial charge in [-0.1, -0.05) is 12.1 Å². The topological polar surface area (TPSA) is 58.6 Å². The molecule has 5 nitrogen and oxygen atoms in total. The van der Waals surface area contributed by atoms with Gasteiger partial charge in [-0.2, -0.15) is 0 Å². The molecule has 6 heteroatoms. The van der Waals surface area contributed by atoms with Gasteiger partial charge in [-0.3, -0.25) is 9.59 Å². The van der Waals surface area contributed by atoms with Crippen molar-refractivity contribution in [1.29, 1.82) is 0 Å². The van der Waals surface area contributed by atoms with E-state index in [0.717, 1.165) is 11.4 Å². The predicted octanol–water partition coefficient (Wildman–Crippen LogP) is 3.20. The van der Waals surface area contributed by atoms with Gasteiger partial charge in [0.2, 0.25) is 5.91 Å². The van der Waals surface area contributed by atoms with E-state index in [1.807, 2.05) is 18.2 Å². The molecule has 1 heterocycles. The predicted molar refractivity (Wildman–Crippen MR) is 91.7 cm³/mol. The van der Waals surface area contributed by atoms with Gasteiger partial charge in [-0.05, 0) is 52.3 Å². The van der Waals surface area contributed by atoms with Crippen LogP contribution in [0.2, 0.25) is 0 Å². The van der Waals surface area contributed by atoms with Crippen molar-refractivity contribution < 1.29 is 14.3 Å². The Morgan fingerprint density at radius 1 is 1.13 bits per heavy atom. The van der Waals surface area contributed by atoms with E-state index in [1.54, 1.807) is 37.4 Å². The number of ether oxygens (including phenoxy) is 1. The van der Waals surface area contributed by atoms with E-state index >= 15 is 0 Å². The Kier molecular flexibility index (Phi) is 4.34. The molecule has 0 radical (unpaired) electrons. The van der Waals surface area contributed by atoms with E-state index in [1.165, 1.54) is 4.90 Å². The first-order chi connectivity index (χ1) is 11.1. The third kappa shape index (κ3) is 3.07. The Morgan fingerprint density at radius 3 is 2.48 bits per heavy atom. The second-order valence-electron chi connectivity index (χ2n) is 5.15. The van der Waals surface area contributed by atoms with E-state index in [2.05, 4.69) is 21.2 Å². The van der Waals surface area contributed by atoms with Gasteiger partial charge in [0.05, 0.1) is 19.2 Å². The largest absolute Gasteiger partial charge is 0.497 e. The van der Waals surface area contributed by atoms with Gasteiger partial charge in [-0.25, -0.2) is 4.90 Å². The number of imide groups is 1. The van der Waals surface area contributed by atoms with Gasteiger partial charge in [-0.15, -0.1) is 0 Å². The van der Waals surface area contributed by atoms with Crippen LogP contribution in [0.1, 0.15) is 6.42 Å². The van der Waals surface area contributed by atoms with Gasteiger partial charge in [0.25, 0.3) is 5.91 Å². The molecule has 0 unspecified atom stereocenters. The molecule has 2 aromatic rings. The van der Waals surface area contributed by atoms with Crippen molar-refractivity contribution in [2.75, 3.05) is 17.3 Å². The minimum absolute atomic E-state index is 0.131. The lowest BCUT2D eigenvalue weighted by Crippen LogP contribution is -2.35. The fourth-order valence-corrected chi connectivity index (χ4v) is 2.98. The standard InChI is InChI=1S/C17H15BrN2O3/c1-23-12-8-6-11(7-9-12)19-14-10-16(21)20(17(14)22)15-5-3-2-4-13(15)18/h2-9,14,19H,10H2,1H3/t14-/m0/s1. The number of carbonyl (C=O) groups excluding carboxylic acids is 2. The maximum absolute atomic E-state index is 12.6. The lowest BCUT2D eigenvalue weighted by molar-refractivity contribution is -0.121. The molecular weight excluding hydrogens is 360 g/mol. The molecule has 1 aliphatic rings. The van der Waals surface area contributed by atoms with Crippen molar-refractivity contribution in [3.8, 4) is 5.75 Å². The molecule has 1 fully saturated rings. The number of anilines is 2. The summed E-state index contributed by atoms with van der Waals surface area (Å²) < 4.78 is 5.82. The molecule has 1 atom stereocenters. The summed E-state index contributed by atoms with van der Waals surface area (Å²) in [5.41, 5.74) is 1.34. The molecule has 118 valence electrons. The highest BCUT2D eigenvalue weighted by molar-refractivity contribution is 9.10. The lowest BCUT2D eigenvalue weighted by Gasteiger charge is -2.17. The summed E-state index contributed by atoms with van der Waals surface area (Å²) in [5.74, 6) is 0.268. The molecule has 1 saturated heterocycles. The Hall–Kier alpha value is -2.34. The van der Waals surface area contributed by atoms with E-state index < -0.39 is 6.04 Å². The number of amides is 2. The van der Waals surface area contributed by atoms with Crippen LogP contribution in [-0.4, -0.2) is 25.0 Å². The highest BCUT2D eigenvalue weighted by Crippen LogP contribution is 2.31. The van der Waals surface area contributed by atoms with Gasteiger partial charge in [0.1, 0.15) is 11.8 Å². The number of nitrogens with one attached hydrogen (secondary N) is 1. The Morgan fingerprint density at radius 2 is 1.83 bits per heavy atom. The van der Waals surface area contributed by atoms with Crippen molar-refractivity contribution in [2.24, 2.45) is 0 Å². The van der Waals surface area contributed by atoms with Crippen LogP contribution < -0.4 is 15.0 Å². The van der Waals surface area contributed by atoms with Crippen LogP contribution in [0.4, 0.5) is 11.4 Å². The molecule has 0 bridgehead atoms. The minimum atomic E-state index is -0.567. The zero-order valence-corrected chi connectivity index (χ0v) is 14.0. The number of para-hydroxylation sites is 1. The second-order valence-corrected chi connectivity index (χ2v) is 6.00. The van der Waals surface area contributed by atoms with Crippen LogP contribution in [0.25, 0.3) is 0 Å². The van der Waals surface area contributed by atoms with Crippen LogP contribution in [0.3, 0.4) is 0 Å². The quantitative estimate of drug-likeness (QED) is 0.834. The molecule has 0 aliphatic carbocycles. The van der Waals surface area contributed by atoms with Crippen LogP contribution >= 0.6 is 15.9 Å². The first-order valence-corrected chi connectivity index (χ1v) is 7.91. The molecule has 0 saturated carbocycles. The average Bonchev–Trinajstić information content (AvgIpc) is 2.83. The summed E-state index contributed by atoms with van der Waals surface area (Å²) in [6.45, 7) is 0. The van der Waals surface area contributed by atoms with Crippen molar-refractivity contribution in [3.63, 3.8) is 0 Å². The van der Waals surface area contributed by atoms with E-state index in [-0.39, 0.29) is 18.2 Å². The van der Waals surface area contributed by atoms with E-state index in [0.29, 0.717) is 10.2 Å². The smallest absolute Gasteiger partial charge is 0.256 e. The number of hydrogen-bond donors (Lipinski definition) is 1. The number of methoxy groups -OCH3 is 1. The first-order valence-electron chi connectivity index (χ1n) is 7.12. The number of rotatable bonds is 4. The lowest BCUT2D eigenvalue weighted by atomic mass is 10.2. The number of hydrogen-bond acceptors (Lipinski definition) is 4. The molecule has 3 rings (SSSR count). The number of nitrogens with zero attached hydrogens (tertiary/aromatic N) is 1. The molecule has 2 amide bonds. The third-order valence-corrected chi connectivity index (χ3v) is 4.34. The van der Waals surface area contributed by atoms with Crippen LogP contribution in [-0.2, 0) is 9.59 Å². The number of halogens is 1. The minimum Gasteiger partial charge on any atom is -0.497 e. The maximum Gasteiger partial charge on any atom is 0.256 e. The number of carbonyl (C=O) groups is 2. The van der Waals surface area contributed by atoms with Crippen molar-refractivity contribution in [3.05, 3.63) is 53.0 Å². The second kappa shape index (κ2) is 6.42. The zero-order chi connectivity index (χ0) is 16.4. The monoisotopic (exact) mass is 374 g/mol. The highest BCUT2D eigenvalue weighted by atomic mass is 79.9. The van der Waals surface area contributed by atoms with Gasteiger partial charge >= 0.3 is 0 Å². The normalized spacial score (nSPS) is 17.5. The highest BCUT2D eigenvalue weighted by Gasteiger charge is 2.40. The average molecular weight is 375 g/mol. The van der Waals surface area contributed by atoms with Crippen molar-refractivity contribution in [1.82, 2.24) is 0 Å². The number of benzene rings is 2. The van der Waals surface area contributed by atoms with E-state index in [4.69, 9.17) is 4.74 Å². The molecular formula is C17H15BrN2O3. The molecule has 1 aliphatic heterocycles. The molecule has 2 aromatic carbocycles. The zero-order valence-electron chi connectivity index (χ0n) is 12.5. The van der Waals surface area contributed by atoms with Gasteiger partial charge in [0, 0.05) is 10.2 Å². The van der Waals surface area contributed by atoms with Crippen molar-refractivity contribution >= 4 is 39.1 Å². The summed E-state index contributed by atoms with van der Waals surface area (Å²) >= 11 is 3.38. The summed E-state index contributed by atoms with van der Waals surface area (Å²) in [6, 6.07) is 13.9. The van der Waals surface area contributed by atoms with Gasteiger partial charge < -0.3 is 10.1 Å². The van der Waals surface area contributed by atoms with Gasteiger partial charge in [0.15, 0.2) is 0 Å². The molecule has 1 N–H and O–H groups in total. The maximum atomic E-state index is 12.6. The third-order valence-electron chi connectivity index (χ3n) is 3.67. The van der Waals surface area contributed by atoms with Crippen LogP contribution in [0, 0.1) is 0 Å². The molecule has 0 aromatic heterocycles. The molecule has 23 heavy (non-hydrogen) atoms. The Bertz CT molecular complexity index is 746. The summed E-state index contributed by atoms with van der Waals surface area (Å²) in [4.78, 5) is 26.1.